The maximum Gasteiger partial charge on any atom is 0.417 e. The molecule has 0 spiro atoms. The minimum absolute atomic E-state index is 0. The molecule has 1 amide bonds. The second kappa shape index (κ2) is 8.36. The summed E-state index contributed by atoms with van der Waals surface area (Å²) in [6, 6.07) is 2.08. The van der Waals surface area contributed by atoms with E-state index in [0.717, 1.165) is 38.2 Å². The Morgan fingerprint density at radius 3 is 2.17 bits per heavy atom. The third-order valence-electron chi connectivity index (χ3n) is 4.62. The van der Waals surface area contributed by atoms with Crippen molar-refractivity contribution in [1.82, 2.24) is 15.2 Å². The van der Waals surface area contributed by atoms with Crippen LogP contribution in [0.1, 0.15) is 28.9 Å². The molecule has 3 heterocycles. The molecule has 2 saturated heterocycles. The van der Waals surface area contributed by atoms with Gasteiger partial charge in [-0.05, 0) is 49.9 Å². The standard InChI is InChI=1S/C15H18F3N3O.2ClH/c16-15(17,18)12-1-2-13(20-9-12)14(22)21-5-3-10-7-19-8-11(10)4-6-21;;/h1-2,9-11,19H,3-8H2;2*1H/t10-,11+;;. The van der Waals surface area contributed by atoms with Crippen molar-refractivity contribution >= 4 is 30.7 Å². The summed E-state index contributed by atoms with van der Waals surface area (Å²) >= 11 is 0. The highest BCUT2D eigenvalue weighted by Crippen LogP contribution is 2.29. The molecule has 2 aliphatic heterocycles. The van der Waals surface area contributed by atoms with Crippen LogP contribution in [0.5, 0.6) is 0 Å². The van der Waals surface area contributed by atoms with Gasteiger partial charge in [-0.3, -0.25) is 9.78 Å². The number of nitrogens with zero attached hydrogens (tertiary/aromatic N) is 2. The third kappa shape index (κ3) is 4.52. The number of likely N-dealkylation sites (tertiary alicyclic amines) is 1. The predicted molar refractivity (Wildman–Crippen MR) is 88.7 cm³/mol. The number of aromatic nitrogens is 1. The molecule has 0 aliphatic carbocycles. The van der Waals surface area contributed by atoms with E-state index >= 15 is 0 Å². The Morgan fingerprint density at radius 1 is 1.12 bits per heavy atom. The Balaban J connectivity index is 0.00000144. The van der Waals surface area contributed by atoms with Crippen molar-refractivity contribution in [2.75, 3.05) is 26.2 Å². The van der Waals surface area contributed by atoms with Crippen molar-refractivity contribution < 1.29 is 18.0 Å². The summed E-state index contributed by atoms with van der Waals surface area (Å²) in [5, 5.41) is 3.37. The van der Waals surface area contributed by atoms with E-state index in [-0.39, 0.29) is 36.4 Å². The van der Waals surface area contributed by atoms with E-state index < -0.39 is 11.7 Å². The minimum atomic E-state index is -4.43. The predicted octanol–water partition coefficient (Wildman–Crippen LogP) is 3.02. The molecule has 0 radical (unpaired) electrons. The van der Waals surface area contributed by atoms with E-state index in [1.807, 2.05) is 0 Å². The van der Waals surface area contributed by atoms with Gasteiger partial charge in [0.15, 0.2) is 0 Å². The Morgan fingerprint density at radius 2 is 1.71 bits per heavy atom. The summed E-state index contributed by atoms with van der Waals surface area (Å²) < 4.78 is 37.6. The van der Waals surface area contributed by atoms with Gasteiger partial charge >= 0.3 is 6.18 Å². The molecule has 1 aromatic rings. The normalized spacial score (nSPS) is 23.5. The van der Waals surface area contributed by atoms with Crippen LogP contribution >= 0.6 is 24.8 Å². The van der Waals surface area contributed by atoms with Crippen LogP contribution in [-0.2, 0) is 6.18 Å². The molecule has 0 bridgehead atoms. The van der Waals surface area contributed by atoms with Crippen LogP contribution in [0.25, 0.3) is 0 Å². The lowest BCUT2D eigenvalue weighted by Crippen LogP contribution is -2.33. The van der Waals surface area contributed by atoms with Crippen LogP contribution < -0.4 is 5.32 Å². The highest BCUT2D eigenvalue weighted by molar-refractivity contribution is 5.92. The van der Waals surface area contributed by atoms with Gasteiger partial charge in [0, 0.05) is 19.3 Å². The number of hydrogen-bond acceptors (Lipinski definition) is 3. The molecule has 24 heavy (non-hydrogen) atoms. The van der Waals surface area contributed by atoms with Crippen molar-refractivity contribution in [3.8, 4) is 0 Å². The molecule has 1 aromatic heterocycles. The molecule has 9 heteroatoms. The summed E-state index contributed by atoms with van der Waals surface area (Å²) in [6.07, 6.45) is -1.83. The van der Waals surface area contributed by atoms with Gasteiger partial charge in [0.25, 0.3) is 5.91 Å². The number of nitrogens with one attached hydrogen (secondary N) is 1. The van der Waals surface area contributed by atoms with Crippen molar-refractivity contribution in [2.24, 2.45) is 11.8 Å². The first-order valence-corrected chi connectivity index (χ1v) is 7.48. The van der Waals surface area contributed by atoms with Gasteiger partial charge in [-0.2, -0.15) is 13.2 Å². The van der Waals surface area contributed by atoms with E-state index in [2.05, 4.69) is 10.3 Å². The number of carbonyl (C=O) groups excluding carboxylic acids is 1. The van der Waals surface area contributed by atoms with E-state index in [4.69, 9.17) is 0 Å². The highest BCUT2D eigenvalue weighted by Gasteiger charge is 2.33. The summed E-state index contributed by atoms with van der Waals surface area (Å²) in [4.78, 5) is 17.8. The Hall–Kier alpha value is -1.05. The Bertz CT molecular complexity index is 540. The van der Waals surface area contributed by atoms with Gasteiger partial charge in [-0.1, -0.05) is 0 Å². The number of fused-ring (bicyclic) bond motifs is 1. The fourth-order valence-electron chi connectivity index (χ4n) is 3.27. The van der Waals surface area contributed by atoms with Gasteiger partial charge in [0.1, 0.15) is 5.69 Å². The first kappa shape index (κ1) is 21.0. The van der Waals surface area contributed by atoms with Crippen LogP contribution in [0, 0.1) is 11.8 Å². The maximum atomic E-state index is 12.5. The fraction of sp³-hybridized carbons (Fsp3) is 0.600. The lowest BCUT2D eigenvalue weighted by atomic mass is 9.92. The molecular formula is C15H20Cl2F3N3O. The van der Waals surface area contributed by atoms with E-state index in [1.165, 1.54) is 6.07 Å². The lowest BCUT2D eigenvalue weighted by molar-refractivity contribution is -0.137. The van der Waals surface area contributed by atoms with E-state index in [1.54, 1.807) is 4.90 Å². The molecule has 2 atom stereocenters. The molecule has 3 rings (SSSR count). The zero-order valence-corrected chi connectivity index (χ0v) is 14.5. The summed E-state index contributed by atoms with van der Waals surface area (Å²) in [6.45, 7) is 3.27. The van der Waals surface area contributed by atoms with Crippen LogP contribution in [0.4, 0.5) is 13.2 Å². The molecule has 1 N–H and O–H groups in total. The van der Waals surface area contributed by atoms with E-state index in [0.29, 0.717) is 24.9 Å². The second-order valence-corrected chi connectivity index (χ2v) is 5.98. The van der Waals surface area contributed by atoms with Gasteiger partial charge in [0.05, 0.1) is 5.56 Å². The maximum absolute atomic E-state index is 12.5. The summed E-state index contributed by atoms with van der Waals surface area (Å²) in [7, 11) is 0. The number of alkyl halides is 3. The second-order valence-electron chi connectivity index (χ2n) is 5.98. The van der Waals surface area contributed by atoms with Gasteiger partial charge in [0.2, 0.25) is 0 Å². The number of hydrogen-bond donors (Lipinski definition) is 1. The average molecular weight is 386 g/mol. The van der Waals surface area contributed by atoms with Gasteiger partial charge < -0.3 is 10.2 Å². The zero-order valence-electron chi connectivity index (χ0n) is 12.9. The molecule has 136 valence electrons. The fourth-order valence-corrected chi connectivity index (χ4v) is 3.27. The van der Waals surface area contributed by atoms with Crippen molar-refractivity contribution in [3.63, 3.8) is 0 Å². The largest absolute Gasteiger partial charge is 0.417 e. The molecule has 2 fully saturated rings. The lowest BCUT2D eigenvalue weighted by Gasteiger charge is -2.20. The number of halogens is 5. The minimum Gasteiger partial charge on any atom is -0.337 e. The Labute approximate surface area is 151 Å². The third-order valence-corrected chi connectivity index (χ3v) is 4.62. The topological polar surface area (TPSA) is 45.2 Å². The monoisotopic (exact) mass is 385 g/mol. The zero-order chi connectivity index (χ0) is 15.7. The number of carbonyl (C=O) groups is 1. The molecule has 0 aromatic carbocycles. The van der Waals surface area contributed by atoms with Crippen molar-refractivity contribution in [2.45, 2.75) is 19.0 Å². The van der Waals surface area contributed by atoms with Crippen molar-refractivity contribution in [1.29, 1.82) is 0 Å². The molecular weight excluding hydrogens is 366 g/mol. The van der Waals surface area contributed by atoms with E-state index in [9.17, 15) is 18.0 Å². The molecule has 2 aliphatic rings. The summed E-state index contributed by atoms with van der Waals surface area (Å²) in [5.41, 5.74) is -0.751. The molecule has 0 unspecified atom stereocenters. The average Bonchev–Trinajstić information content (AvgIpc) is 2.85. The van der Waals surface area contributed by atoms with Gasteiger partial charge in [-0.25, -0.2) is 0 Å². The van der Waals surface area contributed by atoms with Crippen LogP contribution in [0.2, 0.25) is 0 Å². The number of rotatable bonds is 1. The van der Waals surface area contributed by atoms with Crippen LogP contribution in [0.3, 0.4) is 0 Å². The van der Waals surface area contributed by atoms with Crippen molar-refractivity contribution in [3.05, 3.63) is 29.6 Å². The first-order chi connectivity index (χ1) is 10.4. The van der Waals surface area contributed by atoms with Gasteiger partial charge in [-0.15, -0.1) is 24.8 Å². The molecule has 4 nitrogen and oxygen atoms in total. The Kier molecular flexibility index (Phi) is 7.31. The molecule has 0 saturated carbocycles. The quantitative estimate of drug-likeness (QED) is 0.807. The highest BCUT2D eigenvalue weighted by atomic mass is 35.5. The number of pyridine rings is 1. The van der Waals surface area contributed by atoms with Crippen LogP contribution in [-0.4, -0.2) is 42.0 Å². The number of amides is 1. The summed E-state index contributed by atoms with van der Waals surface area (Å²) in [5.74, 6) is 0.915. The first-order valence-electron chi connectivity index (χ1n) is 7.48. The SMILES string of the molecule is Cl.Cl.O=C(c1ccc(C(F)(F)F)cn1)N1CC[C@@H]2CNC[C@@H]2CC1. The smallest absolute Gasteiger partial charge is 0.337 e. The van der Waals surface area contributed by atoms with Crippen LogP contribution in [0.15, 0.2) is 18.3 Å².